The molecule has 14 heavy (non-hydrogen) atoms. The molecule has 4 heteroatoms. The smallest absolute Gasteiger partial charge is 0.149 e. The topological polar surface area (TPSA) is 37.8 Å². The predicted octanol–water partition coefficient (Wildman–Crippen LogP) is 2.98. The average molecular weight is 214 g/mol. The molecule has 1 atom stereocenters. The first kappa shape index (κ1) is 11.2. The number of hydrogen-bond donors (Lipinski definition) is 1. The van der Waals surface area contributed by atoms with Crippen molar-refractivity contribution in [1.82, 2.24) is 9.97 Å². The molecule has 1 N–H and O–H groups in total. The van der Waals surface area contributed by atoms with E-state index in [0.717, 1.165) is 5.82 Å². The van der Waals surface area contributed by atoms with Crippen LogP contribution in [0.1, 0.15) is 27.7 Å². The molecule has 3 nitrogen and oxygen atoms in total. The van der Waals surface area contributed by atoms with E-state index in [0.29, 0.717) is 11.2 Å². The van der Waals surface area contributed by atoms with Gasteiger partial charge in [0.05, 0.1) is 12.4 Å². The summed E-state index contributed by atoms with van der Waals surface area (Å²) in [6, 6.07) is 0.315. The van der Waals surface area contributed by atoms with E-state index in [-0.39, 0.29) is 5.41 Å². The summed E-state index contributed by atoms with van der Waals surface area (Å²) in [5, 5.41) is 3.68. The van der Waals surface area contributed by atoms with Crippen LogP contribution in [-0.4, -0.2) is 16.0 Å². The van der Waals surface area contributed by atoms with Gasteiger partial charge in [0.25, 0.3) is 0 Å². The number of halogens is 1. The molecule has 78 valence electrons. The second kappa shape index (κ2) is 4.13. The maximum Gasteiger partial charge on any atom is 0.149 e. The van der Waals surface area contributed by atoms with Gasteiger partial charge in [0.2, 0.25) is 0 Å². The lowest BCUT2D eigenvalue weighted by Crippen LogP contribution is -2.31. The zero-order chi connectivity index (χ0) is 10.8. The summed E-state index contributed by atoms with van der Waals surface area (Å²) in [5.74, 6) is 0.722. The molecule has 0 aliphatic carbocycles. The molecule has 0 fully saturated rings. The van der Waals surface area contributed by atoms with E-state index in [4.69, 9.17) is 11.6 Å². The summed E-state index contributed by atoms with van der Waals surface area (Å²) in [5.41, 5.74) is 0.185. The molecule has 0 aliphatic heterocycles. The van der Waals surface area contributed by atoms with Crippen LogP contribution in [0, 0.1) is 5.41 Å². The molecule has 1 unspecified atom stereocenters. The average Bonchev–Trinajstić information content (AvgIpc) is 2.02. The van der Waals surface area contributed by atoms with Gasteiger partial charge in [-0.05, 0) is 12.3 Å². The number of nitrogens with one attached hydrogen (secondary N) is 1. The first-order valence-electron chi connectivity index (χ1n) is 4.63. The second-order valence-corrected chi connectivity index (χ2v) is 4.85. The van der Waals surface area contributed by atoms with Crippen LogP contribution >= 0.6 is 11.6 Å². The molecule has 1 aromatic rings. The first-order valence-corrected chi connectivity index (χ1v) is 5.01. The van der Waals surface area contributed by atoms with Crippen molar-refractivity contribution in [2.24, 2.45) is 5.41 Å². The van der Waals surface area contributed by atoms with Gasteiger partial charge in [-0.3, -0.25) is 4.98 Å². The number of rotatable bonds is 2. The lowest BCUT2D eigenvalue weighted by atomic mass is 9.88. The highest BCUT2D eigenvalue weighted by Crippen LogP contribution is 2.21. The van der Waals surface area contributed by atoms with E-state index in [1.807, 2.05) is 0 Å². The van der Waals surface area contributed by atoms with Gasteiger partial charge in [0.15, 0.2) is 0 Å². The molecule has 1 heterocycles. The number of aromatic nitrogens is 2. The maximum atomic E-state index is 5.73. The van der Waals surface area contributed by atoms with Crippen molar-refractivity contribution in [3.8, 4) is 0 Å². The van der Waals surface area contributed by atoms with Crippen molar-refractivity contribution in [2.45, 2.75) is 33.7 Å². The third-order valence-corrected chi connectivity index (χ3v) is 2.45. The van der Waals surface area contributed by atoms with Crippen LogP contribution in [0.3, 0.4) is 0 Å². The van der Waals surface area contributed by atoms with Crippen molar-refractivity contribution in [1.29, 1.82) is 0 Å². The van der Waals surface area contributed by atoms with Gasteiger partial charge < -0.3 is 5.32 Å². The molecular formula is C10H16ClN3. The van der Waals surface area contributed by atoms with Crippen molar-refractivity contribution >= 4 is 17.4 Å². The third kappa shape index (κ3) is 3.14. The predicted molar refractivity (Wildman–Crippen MR) is 59.6 cm³/mol. The standard InChI is InChI=1S/C10H16ClN3/c1-7(10(2,3)4)13-9-6-12-5-8(11)14-9/h5-7H,1-4H3,(H,13,14). The summed E-state index contributed by atoms with van der Waals surface area (Å²) in [6.45, 7) is 8.62. The molecule has 0 radical (unpaired) electrons. The van der Waals surface area contributed by atoms with Gasteiger partial charge in [0, 0.05) is 6.04 Å². The normalized spacial score (nSPS) is 13.8. The Labute approximate surface area is 89.9 Å². The van der Waals surface area contributed by atoms with Crippen LogP contribution < -0.4 is 5.32 Å². The fourth-order valence-corrected chi connectivity index (χ4v) is 0.997. The molecule has 0 amide bonds. The Morgan fingerprint density at radius 1 is 1.36 bits per heavy atom. The molecule has 0 aliphatic rings. The van der Waals surface area contributed by atoms with Crippen molar-refractivity contribution in [3.63, 3.8) is 0 Å². The third-order valence-electron chi connectivity index (χ3n) is 2.27. The van der Waals surface area contributed by atoms with Gasteiger partial charge in [-0.25, -0.2) is 4.98 Å². The summed E-state index contributed by atoms with van der Waals surface area (Å²) in [6.07, 6.45) is 3.20. The fourth-order valence-electron chi connectivity index (χ4n) is 0.850. The van der Waals surface area contributed by atoms with Crippen LogP contribution in [0.25, 0.3) is 0 Å². The quantitative estimate of drug-likeness (QED) is 0.821. The number of anilines is 1. The van der Waals surface area contributed by atoms with Crippen molar-refractivity contribution in [3.05, 3.63) is 17.5 Å². The highest BCUT2D eigenvalue weighted by atomic mass is 35.5. The highest BCUT2D eigenvalue weighted by molar-refractivity contribution is 6.29. The Kier molecular flexibility index (Phi) is 3.32. The van der Waals surface area contributed by atoms with Crippen LogP contribution in [0.4, 0.5) is 5.82 Å². The van der Waals surface area contributed by atoms with E-state index in [1.54, 1.807) is 6.20 Å². The molecule has 0 spiro atoms. The van der Waals surface area contributed by atoms with Gasteiger partial charge in [-0.15, -0.1) is 0 Å². The van der Waals surface area contributed by atoms with Crippen LogP contribution in [0.15, 0.2) is 12.4 Å². The van der Waals surface area contributed by atoms with Gasteiger partial charge in [0.1, 0.15) is 11.0 Å². The minimum Gasteiger partial charge on any atom is -0.366 e. The van der Waals surface area contributed by atoms with Gasteiger partial charge >= 0.3 is 0 Å². The van der Waals surface area contributed by atoms with Crippen LogP contribution in [0.2, 0.25) is 5.15 Å². The fraction of sp³-hybridized carbons (Fsp3) is 0.600. The summed E-state index contributed by atoms with van der Waals surface area (Å²) in [7, 11) is 0. The van der Waals surface area contributed by atoms with Crippen molar-refractivity contribution < 1.29 is 0 Å². The first-order chi connectivity index (χ1) is 6.39. The molecule has 1 aromatic heterocycles. The number of nitrogens with zero attached hydrogens (tertiary/aromatic N) is 2. The Morgan fingerprint density at radius 2 is 2.00 bits per heavy atom. The zero-order valence-electron chi connectivity index (χ0n) is 9.00. The van der Waals surface area contributed by atoms with E-state index in [1.165, 1.54) is 6.20 Å². The van der Waals surface area contributed by atoms with Crippen molar-refractivity contribution in [2.75, 3.05) is 5.32 Å². The highest BCUT2D eigenvalue weighted by Gasteiger charge is 2.19. The SMILES string of the molecule is CC(Nc1cncc(Cl)n1)C(C)(C)C. The molecule has 0 aromatic carbocycles. The molecule has 1 rings (SSSR count). The second-order valence-electron chi connectivity index (χ2n) is 4.46. The number of hydrogen-bond acceptors (Lipinski definition) is 3. The molecular weight excluding hydrogens is 198 g/mol. The van der Waals surface area contributed by atoms with E-state index < -0.39 is 0 Å². The van der Waals surface area contributed by atoms with Gasteiger partial charge in [-0.1, -0.05) is 32.4 Å². The summed E-state index contributed by atoms with van der Waals surface area (Å²) in [4.78, 5) is 8.08. The Bertz CT molecular complexity index is 306. The summed E-state index contributed by atoms with van der Waals surface area (Å²) < 4.78 is 0. The minimum atomic E-state index is 0.185. The monoisotopic (exact) mass is 213 g/mol. The molecule has 0 saturated heterocycles. The van der Waals surface area contributed by atoms with Gasteiger partial charge in [-0.2, -0.15) is 0 Å². The van der Waals surface area contributed by atoms with E-state index in [2.05, 4.69) is 43.0 Å². The minimum absolute atomic E-state index is 0.185. The summed E-state index contributed by atoms with van der Waals surface area (Å²) >= 11 is 5.73. The Morgan fingerprint density at radius 3 is 2.50 bits per heavy atom. The zero-order valence-corrected chi connectivity index (χ0v) is 9.76. The maximum absolute atomic E-state index is 5.73. The Balaban J connectivity index is 2.70. The lowest BCUT2D eigenvalue weighted by Gasteiger charge is -2.28. The molecule has 0 saturated carbocycles. The van der Waals surface area contributed by atoms with Crippen LogP contribution in [-0.2, 0) is 0 Å². The van der Waals surface area contributed by atoms with Crippen LogP contribution in [0.5, 0.6) is 0 Å². The van der Waals surface area contributed by atoms with E-state index in [9.17, 15) is 0 Å². The lowest BCUT2D eigenvalue weighted by molar-refractivity contribution is 0.358. The largest absolute Gasteiger partial charge is 0.366 e. The molecule has 0 bridgehead atoms. The van der Waals surface area contributed by atoms with E-state index >= 15 is 0 Å². The Hall–Kier alpha value is -0.830.